The van der Waals surface area contributed by atoms with Crippen LogP contribution in [0.5, 0.6) is 0 Å². The maximum Gasteiger partial charge on any atom is 0.289 e. The number of pyridine rings is 1. The van der Waals surface area contributed by atoms with E-state index in [0.29, 0.717) is 24.4 Å². The van der Waals surface area contributed by atoms with Crippen molar-refractivity contribution in [1.29, 1.82) is 0 Å². The van der Waals surface area contributed by atoms with E-state index in [9.17, 15) is 4.79 Å². The highest BCUT2D eigenvalue weighted by molar-refractivity contribution is 5.95. The van der Waals surface area contributed by atoms with Crippen LogP contribution in [0.3, 0.4) is 0 Å². The Balaban J connectivity index is 1.46. The van der Waals surface area contributed by atoms with Crippen LogP contribution in [0.4, 0.5) is 5.69 Å². The average Bonchev–Trinajstić information content (AvgIpc) is 3.06. The van der Waals surface area contributed by atoms with Crippen LogP contribution in [-0.2, 0) is 0 Å². The van der Waals surface area contributed by atoms with Crippen molar-refractivity contribution in [3.05, 3.63) is 60.5 Å². The quantitative estimate of drug-likeness (QED) is 0.730. The molecule has 1 aliphatic heterocycles. The highest BCUT2D eigenvalue weighted by Gasteiger charge is 2.24. The molecule has 2 aromatic heterocycles. The van der Waals surface area contributed by atoms with Gasteiger partial charge in [-0.2, -0.15) is 0 Å². The molecular formula is C18H17N3O2. The van der Waals surface area contributed by atoms with Crippen LogP contribution in [-0.4, -0.2) is 42.0 Å². The Morgan fingerprint density at radius 1 is 1.00 bits per heavy atom. The molecule has 3 heterocycles. The Morgan fingerprint density at radius 2 is 1.78 bits per heavy atom. The molecule has 0 bridgehead atoms. The Kier molecular flexibility index (Phi) is 3.46. The second-order valence-electron chi connectivity index (χ2n) is 5.61. The molecule has 116 valence electrons. The van der Waals surface area contributed by atoms with Gasteiger partial charge in [0.15, 0.2) is 11.3 Å². The molecule has 1 amide bonds. The van der Waals surface area contributed by atoms with Gasteiger partial charge in [-0.3, -0.25) is 9.78 Å². The van der Waals surface area contributed by atoms with E-state index in [-0.39, 0.29) is 5.91 Å². The molecule has 1 saturated heterocycles. The molecule has 3 aromatic rings. The standard InChI is InChI=1S/C18H17N3O2/c22-18(17-13-15-16(23-17)7-4-8-19-15)21-11-9-20(10-12-21)14-5-2-1-3-6-14/h1-8,13H,9-12H2. The Bertz CT molecular complexity index is 787. The highest BCUT2D eigenvalue weighted by atomic mass is 16.3. The number of hydrogen-bond donors (Lipinski definition) is 0. The fraction of sp³-hybridized carbons (Fsp3) is 0.222. The molecule has 0 N–H and O–H groups in total. The number of rotatable bonds is 2. The smallest absolute Gasteiger partial charge is 0.289 e. The van der Waals surface area contributed by atoms with E-state index < -0.39 is 0 Å². The molecule has 0 radical (unpaired) electrons. The number of nitrogens with zero attached hydrogens (tertiary/aromatic N) is 3. The maximum absolute atomic E-state index is 12.6. The zero-order valence-corrected chi connectivity index (χ0v) is 12.7. The fourth-order valence-corrected chi connectivity index (χ4v) is 2.94. The summed E-state index contributed by atoms with van der Waals surface area (Å²) in [6.07, 6.45) is 1.70. The van der Waals surface area contributed by atoms with Gasteiger partial charge in [0.25, 0.3) is 5.91 Å². The first-order chi connectivity index (χ1) is 11.3. The summed E-state index contributed by atoms with van der Waals surface area (Å²) in [5, 5.41) is 0. The zero-order valence-electron chi connectivity index (χ0n) is 12.7. The number of para-hydroxylation sites is 1. The van der Waals surface area contributed by atoms with Gasteiger partial charge in [-0.25, -0.2) is 0 Å². The summed E-state index contributed by atoms with van der Waals surface area (Å²) in [5.74, 6) is 0.308. The van der Waals surface area contributed by atoms with Crippen molar-refractivity contribution < 1.29 is 9.21 Å². The molecule has 0 aliphatic carbocycles. The summed E-state index contributed by atoms with van der Waals surface area (Å²) in [6, 6.07) is 15.6. The number of benzene rings is 1. The van der Waals surface area contributed by atoms with E-state index in [4.69, 9.17) is 4.42 Å². The monoisotopic (exact) mass is 307 g/mol. The van der Waals surface area contributed by atoms with E-state index in [2.05, 4.69) is 22.0 Å². The number of furan rings is 1. The molecule has 1 fully saturated rings. The van der Waals surface area contributed by atoms with Crippen molar-refractivity contribution in [1.82, 2.24) is 9.88 Å². The van der Waals surface area contributed by atoms with Gasteiger partial charge in [-0.05, 0) is 24.3 Å². The van der Waals surface area contributed by atoms with Crippen LogP contribution in [0.25, 0.3) is 11.1 Å². The normalized spacial score (nSPS) is 15.1. The minimum Gasteiger partial charge on any atom is -0.449 e. The molecule has 0 spiro atoms. The number of aromatic nitrogens is 1. The molecule has 4 rings (SSSR count). The van der Waals surface area contributed by atoms with Crippen LogP contribution in [0.2, 0.25) is 0 Å². The predicted octanol–water partition coefficient (Wildman–Crippen LogP) is 2.79. The third-order valence-electron chi connectivity index (χ3n) is 4.19. The van der Waals surface area contributed by atoms with Crippen molar-refractivity contribution >= 4 is 22.7 Å². The zero-order chi connectivity index (χ0) is 15.6. The lowest BCUT2D eigenvalue weighted by Crippen LogP contribution is -2.48. The predicted molar refractivity (Wildman–Crippen MR) is 88.6 cm³/mol. The van der Waals surface area contributed by atoms with Gasteiger partial charge in [0.2, 0.25) is 0 Å². The summed E-state index contributed by atoms with van der Waals surface area (Å²) >= 11 is 0. The SMILES string of the molecule is O=C(c1cc2ncccc2o1)N1CCN(c2ccccc2)CC1. The van der Waals surface area contributed by atoms with E-state index in [0.717, 1.165) is 18.6 Å². The summed E-state index contributed by atoms with van der Waals surface area (Å²) in [5.41, 5.74) is 2.57. The second-order valence-corrected chi connectivity index (χ2v) is 5.61. The third-order valence-corrected chi connectivity index (χ3v) is 4.19. The van der Waals surface area contributed by atoms with Crippen LogP contribution in [0.1, 0.15) is 10.6 Å². The number of carbonyl (C=O) groups excluding carboxylic acids is 1. The molecule has 0 unspecified atom stereocenters. The molecule has 5 heteroatoms. The lowest BCUT2D eigenvalue weighted by Gasteiger charge is -2.35. The van der Waals surface area contributed by atoms with E-state index in [1.807, 2.05) is 29.2 Å². The Labute approximate surface area is 134 Å². The second kappa shape index (κ2) is 5.76. The van der Waals surface area contributed by atoms with Gasteiger partial charge in [-0.15, -0.1) is 0 Å². The van der Waals surface area contributed by atoms with Crippen molar-refractivity contribution in [3.63, 3.8) is 0 Å². The summed E-state index contributed by atoms with van der Waals surface area (Å²) in [4.78, 5) is 20.9. The van der Waals surface area contributed by atoms with Crippen LogP contribution in [0.15, 0.2) is 59.1 Å². The van der Waals surface area contributed by atoms with E-state index in [1.54, 1.807) is 18.3 Å². The number of piperazine rings is 1. The van der Waals surface area contributed by atoms with Crippen LogP contribution < -0.4 is 4.90 Å². The van der Waals surface area contributed by atoms with Gasteiger partial charge in [0.05, 0.1) is 0 Å². The van der Waals surface area contributed by atoms with Gasteiger partial charge < -0.3 is 14.2 Å². The van der Waals surface area contributed by atoms with Gasteiger partial charge in [-0.1, -0.05) is 18.2 Å². The minimum atomic E-state index is -0.0595. The van der Waals surface area contributed by atoms with Crippen molar-refractivity contribution in [3.8, 4) is 0 Å². The van der Waals surface area contributed by atoms with E-state index in [1.165, 1.54) is 5.69 Å². The van der Waals surface area contributed by atoms with Gasteiger partial charge in [0.1, 0.15) is 5.52 Å². The van der Waals surface area contributed by atoms with Crippen molar-refractivity contribution in [2.75, 3.05) is 31.1 Å². The third kappa shape index (κ3) is 2.65. The number of hydrogen-bond acceptors (Lipinski definition) is 4. The first kappa shape index (κ1) is 13.8. The summed E-state index contributed by atoms with van der Waals surface area (Å²) < 4.78 is 5.63. The van der Waals surface area contributed by atoms with E-state index >= 15 is 0 Å². The molecule has 23 heavy (non-hydrogen) atoms. The Hall–Kier alpha value is -2.82. The lowest BCUT2D eigenvalue weighted by molar-refractivity contribution is 0.0717. The number of anilines is 1. The Morgan fingerprint density at radius 3 is 2.52 bits per heavy atom. The average molecular weight is 307 g/mol. The van der Waals surface area contributed by atoms with Crippen LogP contribution >= 0.6 is 0 Å². The molecule has 1 aromatic carbocycles. The molecular weight excluding hydrogens is 290 g/mol. The number of amides is 1. The minimum absolute atomic E-state index is 0.0595. The molecule has 1 aliphatic rings. The van der Waals surface area contributed by atoms with Crippen LogP contribution in [0, 0.1) is 0 Å². The largest absolute Gasteiger partial charge is 0.449 e. The number of fused-ring (bicyclic) bond motifs is 1. The fourth-order valence-electron chi connectivity index (χ4n) is 2.94. The molecule has 0 atom stereocenters. The van der Waals surface area contributed by atoms with Gasteiger partial charge >= 0.3 is 0 Å². The summed E-state index contributed by atoms with van der Waals surface area (Å²) in [7, 11) is 0. The first-order valence-corrected chi connectivity index (χ1v) is 7.75. The number of carbonyl (C=O) groups is 1. The van der Waals surface area contributed by atoms with Crippen molar-refractivity contribution in [2.45, 2.75) is 0 Å². The lowest BCUT2D eigenvalue weighted by atomic mass is 10.2. The molecule has 0 saturated carbocycles. The highest BCUT2D eigenvalue weighted by Crippen LogP contribution is 2.20. The maximum atomic E-state index is 12.6. The van der Waals surface area contributed by atoms with Crippen molar-refractivity contribution in [2.24, 2.45) is 0 Å². The summed E-state index contributed by atoms with van der Waals surface area (Å²) in [6.45, 7) is 3.04. The topological polar surface area (TPSA) is 49.6 Å². The van der Waals surface area contributed by atoms with Gasteiger partial charge in [0, 0.05) is 44.1 Å². The molecule has 5 nitrogen and oxygen atoms in total. The first-order valence-electron chi connectivity index (χ1n) is 7.75.